The summed E-state index contributed by atoms with van der Waals surface area (Å²) >= 11 is 0. The van der Waals surface area contributed by atoms with Crippen LogP contribution in [0.15, 0.2) is 12.1 Å². The second-order valence-electron chi connectivity index (χ2n) is 4.28. The molecule has 2 aromatic rings. The van der Waals surface area contributed by atoms with E-state index in [0.717, 1.165) is 28.6 Å². The van der Waals surface area contributed by atoms with Crippen LogP contribution in [-0.2, 0) is 6.42 Å². The quantitative estimate of drug-likeness (QED) is 0.706. The van der Waals surface area contributed by atoms with E-state index in [4.69, 9.17) is 0 Å². The number of aromatic nitrogens is 1. The molecule has 0 N–H and O–H groups in total. The Kier molecular flexibility index (Phi) is 2.66. The van der Waals surface area contributed by atoms with Crippen molar-refractivity contribution in [1.29, 1.82) is 0 Å². The summed E-state index contributed by atoms with van der Waals surface area (Å²) in [5.74, 6) is -0.152. The fourth-order valence-electron chi connectivity index (χ4n) is 2.05. The molecule has 0 spiro atoms. The van der Waals surface area contributed by atoms with Crippen molar-refractivity contribution in [2.45, 2.75) is 34.1 Å². The first kappa shape index (κ1) is 11.1. The zero-order chi connectivity index (χ0) is 11.9. The second-order valence-corrected chi connectivity index (χ2v) is 4.28. The predicted octanol–water partition coefficient (Wildman–Crippen LogP) is 3.86. The molecule has 0 radical (unpaired) electrons. The van der Waals surface area contributed by atoms with Crippen molar-refractivity contribution < 1.29 is 4.39 Å². The Balaban J connectivity index is 2.87. The number of pyridine rings is 1. The van der Waals surface area contributed by atoms with Crippen molar-refractivity contribution in [2.24, 2.45) is 0 Å². The maximum atomic E-state index is 13.5. The van der Waals surface area contributed by atoms with Crippen LogP contribution in [0.25, 0.3) is 10.9 Å². The highest BCUT2D eigenvalue weighted by Crippen LogP contribution is 2.25. The summed E-state index contributed by atoms with van der Waals surface area (Å²) in [6.07, 6.45) is 0.916. The van der Waals surface area contributed by atoms with Gasteiger partial charge in [-0.3, -0.25) is 4.98 Å². The Labute approximate surface area is 95.3 Å². The molecule has 1 aromatic carbocycles. The van der Waals surface area contributed by atoms with Gasteiger partial charge in [-0.25, -0.2) is 4.39 Å². The molecule has 16 heavy (non-hydrogen) atoms. The highest BCUT2D eigenvalue weighted by Gasteiger charge is 2.09. The molecule has 0 unspecified atom stereocenters. The minimum absolute atomic E-state index is 0.152. The van der Waals surface area contributed by atoms with Gasteiger partial charge in [0.25, 0.3) is 0 Å². The molecule has 1 heterocycles. The van der Waals surface area contributed by atoms with E-state index in [1.54, 1.807) is 13.0 Å². The Bertz CT molecular complexity index is 558. The minimum atomic E-state index is -0.152. The Morgan fingerprint density at radius 2 is 1.81 bits per heavy atom. The second kappa shape index (κ2) is 3.85. The molecular weight excluding hydrogens is 201 g/mol. The van der Waals surface area contributed by atoms with Gasteiger partial charge in [0, 0.05) is 11.1 Å². The molecule has 0 saturated heterocycles. The van der Waals surface area contributed by atoms with Crippen molar-refractivity contribution in [3.05, 3.63) is 40.3 Å². The van der Waals surface area contributed by atoms with E-state index >= 15 is 0 Å². The summed E-state index contributed by atoms with van der Waals surface area (Å²) in [6.45, 7) is 7.96. The molecule has 0 atom stereocenters. The van der Waals surface area contributed by atoms with E-state index in [1.807, 2.05) is 13.0 Å². The van der Waals surface area contributed by atoms with Crippen molar-refractivity contribution in [3.63, 3.8) is 0 Å². The van der Waals surface area contributed by atoms with Crippen LogP contribution in [0.5, 0.6) is 0 Å². The van der Waals surface area contributed by atoms with Gasteiger partial charge < -0.3 is 0 Å². The van der Waals surface area contributed by atoms with Crippen LogP contribution in [0.3, 0.4) is 0 Å². The smallest absolute Gasteiger partial charge is 0.126 e. The lowest BCUT2D eigenvalue weighted by molar-refractivity contribution is 0.620. The summed E-state index contributed by atoms with van der Waals surface area (Å²) in [4.78, 5) is 4.59. The highest BCUT2D eigenvalue weighted by atomic mass is 19.1. The molecule has 1 aromatic heterocycles. The molecule has 2 rings (SSSR count). The fourth-order valence-corrected chi connectivity index (χ4v) is 2.05. The Morgan fingerprint density at radius 3 is 2.44 bits per heavy atom. The van der Waals surface area contributed by atoms with Crippen molar-refractivity contribution in [2.75, 3.05) is 0 Å². The van der Waals surface area contributed by atoms with Gasteiger partial charge in [0.2, 0.25) is 0 Å². The third-order valence-corrected chi connectivity index (χ3v) is 3.27. The van der Waals surface area contributed by atoms with Crippen LogP contribution in [0.1, 0.15) is 29.3 Å². The van der Waals surface area contributed by atoms with Crippen LogP contribution in [0, 0.1) is 26.6 Å². The van der Waals surface area contributed by atoms with Crippen LogP contribution >= 0.6 is 0 Å². The first-order valence-corrected chi connectivity index (χ1v) is 5.60. The standard InChI is InChI=1S/C14H16FN/c1-5-13-10(4)9(3)11-7-12(15)8(2)6-14(11)16-13/h6-7H,5H2,1-4H3. The van der Waals surface area contributed by atoms with Gasteiger partial charge in [-0.15, -0.1) is 0 Å². The lowest BCUT2D eigenvalue weighted by Gasteiger charge is -2.11. The third kappa shape index (κ3) is 1.58. The summed E-state index contributed by atoms with van der Waals surface area (Å²) < 4.78 is 13.5. The molecule has 1 nitrogen and oxygen atoms in total. The number of fused-ring (bicyclic) bond motifs is 1. The predicted molar refractivity (Wildman–Crippen MR) is 65.3 cm³/mol. The third-order valence-electron chi connectivity index (χ3n) is 3.27. The average molecular weight is 217 g/mol. The first-order chi connectivity index (χ1) is 7.54. The molecule has 2 heteroatoms. The van der Waals surface area contributed by atoms with Gasteiger partial charge in [-0.05, 0) is 56.0 Å². The maximum Gasteiger partial charge on any atom is 0.126 e. The number of halogens is 1. The van der Waals surface area contributed by atoms with Gasteiger partial charge in [-0.1, -0.05) is 6.92 Å². The lowest BCUT2D eigenvalue weighted by Crippen LogP contribution is -1.98. The van der Waals surface area contributed by atoms with Gasteiger partial charge in [0.05, 0.1) is 5.52 Å². The van der Waals surface area contributed by atoms with E-state index in [1.165, 1.54) is 5.56 Å². The zero-order valence-electron chi connectivity index (χ0n) is 10.2. The maximum absolute atomic E-state index is 13.5. The molecule has 0 aliphatic carbocycles. The fraction of sp³-hybridized carbons (Fsp3) is 0.357. The lowest BCUT2D eigenvalue weighted by atomic mass is 10.0. The van der Waals surface area contributed by atoms with E-state index < -0.39 is 0 Å². The van der Waals surface area contributed by atoms with E-state index in [2.05, 4.69) is 18.8 Å². The Hall–Kier alpha value is -1.44. The number of hydrogen-bond donors (Lipinski definition) is 0. The van der Waals surface area contributed by atoms with Gasteiger partial charge in [-0.2, -0.15) is 0 Å². The van der Waals surface area contributed by atoms with Crippen LogP contribution in [0.2, 0.25) is 0 Å². The van der Waals surface area contributed by atoms with Gasteiger partial charge in [0.1, 0.15) is 5.82 Å². The summed E-state index contributed by atoms with van der Waals surface area (Å²) in [5, 5.41) is 0.929. The minimum Gasteiger partial charge on any atom is -0.253 e. The number of benzene rings is 1. The van der Waals surface area contributed by atoms with Gasteiger partial charge in [0.15, 0.2) is 0 Å². The van der Waals surface area contributed by atoms with Crippen molar-refractivity contribution >= 4 is 10.9 Å². The molecule has 84 valence electrons. The summed E-state index contributed by atoms with van der Waals surface area (Å²) in [7, 11) is 0. The largest absolute Gasteiger partial charge is 0.253 e. The van der Waals surface area contributed by atoms with E-state index in [0.29, 0.717) is 5.56 Å². The van der Waals surface area contributed by atoms with Crippen molar-refractivity contribution in [1.82, 2.24) is 4.98 Å². The number of nitrogens with zero attached hydrogens (tertiary/aromatic N) is 1. The molecule has 0 amide bonds. The van der Waals surface area contributed by atoms with Crippen molar-refractivity contribution in [3.8, 4) is 0 Å². The van der Waals surface area contributed by atoms with Crippen LogP contribution < -0.4 is 0 Å². The monoisotopic (exact) mass is 217 g/mol. The number of aryl methyl sites for hydroxylation is 3. The topological polar surface area (TPSA) is 12.9 Å². The van der Waals surface area contributed by atoms with Crippen LogP contribution in [-0.4, -0.2) is 4.98 Å². The summed E-state index contributed by atoms with van der Waals surface area (Å²) in [6, 6.07) is 3.43. The molecule has 0 aliphatic rings. The summed E-state index contributed by atoms with van der Waals surface area (Å²) in [5.41, 5.74) is 4.99. The molecule has 0 bridgehead atoms. The normalized spacial score (nSPS) is 11.1. The molecule has 0 aliphatic heterocycles. The van der Waals surface area contributed by atoms with Gasteiger partial charge >= 0.3 is 0 Å². The SMILES string of the molecule is CCc1nc2cc(C)c(F)cc2c(C)c1C. The van der Waals surface area contributed by atoms with E-state index in [9.17, 15) is 4.39 Å². The van der Waals surface area contributed by atoms with Crippen LogP contribution in [0.4, 0.5) is 4.39 Å². The Morgan fingerprint density at radius 1 is 1.12 bits per heavy atom. The van der Waals surface area contributed by atoms with E-state index in [-0.39, 0.29) is 5.82 Å². The highest BCUT2D eigenvalue weighted by molar-refractivity contribution is 5.84. The molecule has 0 fully saturated rings. The molecule has 0 saturated carbocycles. The molecular formula is C14H16FN. The zero-order valence-corrected chi connectivity index (χ0v) is 10.2. The average Bonchev–Trinajstić information content (AvgIpc) is 2.26. The number of hydrogen-bond acceptors (Lipinski definition) is 1. The first-order valence-electron chi connectivity index (χ1n) is 5.60. The number of rotatable bonds is 1.